The van der Waals surface area contributed by atoms with E-state index in [-0.39, 0.29) is 25.7 Å². The van der Waals surface area contributed by atoms with Gasteiger partial charge in [-0.25, -0.2) is 9.13 Å². The van der Waals surface area contributed by atoms with E-state index in [0.717, 1.165) is 148 Å². The van der Waals surface area contributed by atoms with Gasteiger partial charge in [-0.05, 0) is 109 Å². The average molecular weight is 1400 g/mol. The van der Waals surface area contributed by atoms with Crippen molar-refractivity contribution >= 4 is 39.5 Å². The van der Waals surface area contributed by atoms with E-state index in [1.165, 1.54) is 135 Å². The highest BCUT2D eigenvalue weighted by molar-refractivity contribution is 7.47. The minimum absolute atomic E-state index is 0.0868. The first-order chi connectivity index (χ1) is 46.7. The molecule has 5 atom stereocenters. The lowest BCUT2D eigenvalue weighted by Gasteiger charge is -2.21. The van der Waals surface area contributed by atoms with Crippen LogP contribution in [0.2, 0.25) is 0 Å². The monoisotopic (exact) mass is 1400 g/mol. The van der Waals surface area contributed by atoms with E-state index in [0.29, 0.717) is 25.7 Å². The number of hydrogen-bond acceptors (Lipinski definition) is 15. The number of carbonyl (C=O) groups excluding carboxylic acids is 4. The molecule has 562 valence electrons. The zero-order valence-corrected chi connectivity index (χ0v) is 63.1. The van der Waals surface area contributed by atoms with E-state index in [2.05, 4.69) is 76.3 Å². The third-order valence-electron chi connectivity index (χ3n) is 16.8. The number of phosphoric ester groups is 2. The number of ether oxygens (including phenoxy) is 4. The van der Waals surface area contributed by atoms with Crippen molar-refractivity contribution in [3.05, 3.63) is 48.6 Å². The summed E-state index contributed by atoms with van der Waals surface area (Å²) in [5.41, 5.74) is 0. The molecule has 0 rings (SSSR count). The maximum absolute atomic E-state index is 13.1. The van der Waals surface area contributed by atoms with Gasteiger partial charge in [0.15, 0.2) is 12.2 Å². The summed E-state index contributed by atoms with van der Waals surface area (Å²) in [6.45, 7) is 4.86. The van der Waals surface area contributed by atoms with Crippen LogP contribution in [0.4, 0.5) is 0 Å². The Morgan fingerprint density at radius 3 is 0.802 bits per heavy atom. The number of unbranched alkanes of at least 4 members (excludes halogenated alkanes) is 40. The minimum Gasteiger partial charge on any atom is -0.462 e. The number of carbonyl (C=O) groups is 4. The number of rotatable bonds is 74. The molecule has 0 aromatic heterocycles. The largest absolute Gasteiger partial charge is 0.472 e. The molecular formula is C77H142O17P2. The van der Waals surface area contributed by atoms with Gasteiger partial charge in [0, 0.05) is 25.7 Å². The highest BCUT2D eigenvalue weighted by Gasteiger charge is 2.30. The van der Waals surface area contributed by atoms with Gasteiger partial charge < -0.3 is 33.8 Å². The predicted molar refractivity (Wildman–Crippen MR) is 390 cm³/mol. The van der Waals surface area contributed by atoms with Gasteiger partial charge in [0.25, 0.3) is 0 Å². The molecule has 0 heterocycles. The lowest BCUT2D eigenvalue weighted by molar-refractivity contribution is -0.161. The second kappa shape index (κ2) is 70.5. The van der Waals surface area contributed by atoms with Crippen molar-refractivity contribution in [3.63, 3.8) is 0 Å². The van der Waals surface area contributed by atoms with Crippen LogP contribution in [-0.4, -0.2) is 96.7 Å². The first-order valence-corrected chi connectivity index (χ1v) is 41.9. The fourth-order valence-corrected chi connectivity index (χ4v) is 12.3. The van der Waals surface area contributed by atoms with Crippen molar-refractivity contribution in [2.24, 2.45) is 0 Å². The van der Waals surface area contributed by atoms with Crippen molar-refractivity contribution < 1.29 is 80.2 Å². The maximum atomic E-state index is 13.1. The van der Waals surface area contributed by atoms with E-state index in [4.69, 9.17) is 37.0 Å². The van der Waals surface area contributed by atoms with Crippen molar-refractivity contribution in [2.75, 3.05) is 39.6 Å². The number of hydrogen-bond donors (Lipinski definition) is 3. The first kappa shape index (κ1) is 93.0. The summed E-state index contributed by atoms with van der Waals surface area (Å²) in [5.74, 6) is -2.17. The highest BCUT2D eigenvalue weighted by Crippen LogP contribution is 2.45. The number of aliphatic hydroxyl groups is 1. The molecule has 17 nitrogen and oxygen atoms in total. The fourth-order valence-electron chi connectivity index (χ4n) is 10.8. The molecule has 0 bridgehead atoms. The quantitative estimate of drug-likeness (QED) is 0.0169. The van der Waals surface area contributed by atoms with Gasteiger partial charge in [-0.3, -0.25) is 37.3 Å². The van der Waals surface area contributed by atoms with E-state index in [9.17, 15) is 43.2 Å². The van der Waals surface area contributed by atoms with E-state index >= 15 is 0 Å². The maximum Gasteiger partial charge on any atom is 0.472 e. The summed E-state index contributed by atoms with van der Waals surface area (Å²) in [7, 11) is -9.93. The van der Waals surface area contributed by atoms with Crippen LogP contribution >= 0.6 is 15.6 Å². The molecule has 0 spiro atoms. The zero-order chi connectivity index (χ0) is 70.4. The van der Waals surface area contributed by atoms with Gasteiger partial charge in [-0.15, -0.1) is 0 Å². The van der Waals surface area contributed by atoms with Gasteiger partial charge >= 0.3 is 39.5 Å². The summed E-state index contributed by atoms with van der Waals surface area (Å²) in [4.78, 5) is 72.8. The SMILES string of the molecule is CCCCC/C=C\C/C=C\CCCCCCCC(=O)OCC(COP(=O)(O)OCC(O)COP(=O)(O)OCC(COC(=O)CCCCCCC/C=C\CCCCCCCC)OC(=O)CCCCCCCCCCCCC)OC(=O)CCCCCCC/C=C\CCCCCCCC. The van der Waals surface area contributed by atoms with Crippen LogP contribution < -0.4 is 0 Å². The molecule has 0 aliphatic carbocycles. The lowest BCUT2D eigenvalue weighted by Crippen LogP contribution is -2.30. The van der Waals surface area contributed by atoms with E-state index in [1.54, 1.807) is 0 Å². The van der Waals surface area contributed by atoms with E-state index in [1.807, 2.05) is 0 Å². The molecule has 0 radical (unpaired) electrons. The summed E-state index contributed by atoms with van der Waals surface area (Å²) in [6, 6.07) is 0. The minimum atomic E-state index is -4.97. The van der Waals surface area contributed by atoms with Gasteiger partial charge in [-0.1, -0.05) is 275 Å². The van der Waals surface area contributed by atoms with Crippen LogP contribution in [-0.2, 0) is 65.4 Å². The Morgan fingerprint density at radius 2 is 0.510 bits per heavy atom. The zero-order valence-electron chi connectivity index (χ0n) is 61.3. The molecule has 0 saturated carbocycles. The van der Waals surface area contributed by atoms with Crippen LogP contribution in [0.3, 0.4) is 0 Å². The molecule has 0 amide bonds. The molecule has 0 aromatic carbocycles. The van der Waals surface area contributed by atoms with Gasteiger partial charge in [0.05, 0.1) is 26.4 Å². The Morgan fingerprint density at radius 1 is 0.292 bits per heavy atom. The number of aliphatic hydroxyl groups excluding tert-OH is 1. The smallest absolute Gasteiger partial charge is 0.462 e. The summed E-state index contributed by atoms with van der Waals surface area (Å²) in [5, 5.41) is 10.6. The van der Waals surface area contributed by atoms with Crippen LogP contribution in [0, 0.1) is 0 Å². The molecule has 0 aliphatic rings. The molecule has 0 aliphatic heterocycles. The van der Waals surface area contributed by atoms with Gasteiger partial charge in [0.1, 0.15) is 19.3 Å². The van der Waals surface area contributed by atoms with Crippen LogP contribution in [0.5, 0.6) is 0 Å². The highest BCUT2D eigenvalue weighted by atomic mass is 31.2. The fraction of sp³-hybridized carbons (Fsp3) is 0.844. The van der Waals surface area contributed by atoms with E-state index < -0.39 is 97.5 Å². The van der Waals surface area contributed by atoms with Gasteiger partial charge in [0.2, 0.25) is 0 Å². The van der Waals surface area contributed by atoms with Crippen molar-refractivity contribution in [1.82, 2.24) is 0 Å². The topological polar surface area (TPSA) is 237 Å². The lowest BCUT2D eigenvalue weighted by atomic mass is 10.1. The normalized spacial score (nSPS) is 14.2. The standard InChI is InChI=1S/C77H142O17P2/c1-5-9-13-17-21-25-29-32-35-38-42-45-49-53-57-61-74(79)87-67-72(93-76(81)63-59-55-51-47-41-28-24-20-16-12-8-4)69-91-95(83,84)89-65-71(78)66-90-96(85,86)92-70-73(94-77(82)64-60-56-52-48-44-40-37-34-31-27-23-19-15-11-7-3)68-88-75(80)62-58-54-50-46-43-39-36-33-30-26-22-18-14-10-6-2/h22,26,32-37,71-73,78H,5-21,23-25,27-31,38-70H2,1-4H3,(H,83,84)(H,85,86)/b26-22-,35-32-,36-33-,37-34-. The summed E-state index contributed by atoms with van der Waals surface area (Å²) in [6.07, 6.45) is 66.7. The Hall–Kier alpha value is -2.98. The molecule has 0 aromatic rings. The Labute approximate surface area is 585 Å². The molecule has 19 heteroatoms. The third kappa shape index (κ3) is 69.5. The molecule has 3 N–H and O–H groups in total. The predicted octanol–water partition coefficient (Wildman–Crippen LogP) is 22.1. The molecule has 5 unspecified atom stereocenters. The Bertz CT molecular complexity index is 2010. The summed E-state index contributed by atoms with van der Waals surface area (Å²) >= 11 is 0. The summed E-state index contributed by atoms with van der Waals surface area (Å²) < 4.78 is 68.5. The van der Waals surface area contributed by atoms with Crippen molar-refractivity contribution in [2.45, 2.75) is 380 Å². The Balaban J connectivity index is 5.31. The number of phosphoric acid groups is 2. The first-order valence-electron chi connectivity index (χ1n) is 38.9. The number of esters is 4. The average Bonchev–Trinajstić information content (AvgIpc) is 1.09. The van der Waals surface area contributed by atoms with Crippen LogP contribution in [0.15, 0.2) is 48.6 Å². The molecular weight excluding hydrogens is 1260 g/mol. The molecule has 0 saturated heterocycles. The molecule has 0 fully saturated rings. The van der Waals surface area contributed by atoms with Crippen LogP contribution in [0.25, 0.3) is 0 Å². The second-order valence-corrected chi connectivity index (χ2v) is 29.2. The van der Waals surface area contributed by atoms with Gasteiger partial charge in [-0.2, -0.15) is 0 Å². The van der Waals surface area contributed by atoms with Crippen molar-refractivity contribution in [3.8, 4) is 0 Å². The van der Waals surface area contributed by atoms with Crippen molar-refractivity contribution in [1.29, 1.82) is 0 Å². The Kier molecular flexibility index (Phi) is 68.3. The third-order valence-corrected chi connectivity index (χ3v) is 18.7. The molecule has 96 heavy (non-hydrogen) atoms. The second-order valence-electron chi connectivity index (χ2n) is 26.3. The number of allylic oxidation sites excluding steroid dienone is 8. The van der Waals surface area contributed by atoms with Crippen LogP contribution in [0.1, 0.15) is 362 Å².